The summed E-state index contributed by atoms with van der Waals surface area (Å²) in [6.45, 7) is 20.0. The third-order valence-corrected chi connectivity index (χ3v) is 18.1. The fraction of sp³-hybridized carbons (Fsp3) is 0.956. The van der Waals surface area contributed by atoms with Crippen molar-refractivity contribution in [3.05, 3.63) is 0 Å². The van der Waals surface area contributed by atoms with Crippen molar-refractivity contribution in [1.82, 2.24) is 4.90 Å². The van der Waals surface area contributed by atoms with Gasteiger partial charge in [0.25, 0.3) is 6.47 Å². The first-order chi connectivity index (χ1) is 36.8. The Bertz CT molecular complexity index is 1310. The van der Waals surface area contributed by atoms with E-state index in [9.17, 15) is 14.4 Å². The summed E-state index contributed by atoms with van der Waals surface area (Å²) < 4.78 is 16.6. The Morgan fingerprint density at radius 1 is 0.487 bits per heavy atom. The highest BCUT2D eigenvalue weighted by atomic mass is 16.5. The number of fused-ring (bicyclic) bond motifs is 2. The number of unbranched alkanes of at least 4 members (excludes halogenated alkanes) is 24. The Kier molecular flexibility index (Phi) is 45.8. The van der Waals surface area contributed by atoms with Gasteiger partial charge in [-0.2, -0.15) is 0 Å². The molecule has 2 rings (SSSR count). The Morgan fingerprint density at radius 3 is 1.22 bits per heavy atom. The number of aliphatic hydroxyl groups excluding tert-OH is 1. The maximum atomic E-state index is 13.6. The molecule has 0 radical (unpaired) electrons. The number of hydrogen-bond donors (Lipinski definition) is 1. The minimum Gasteiger partial charge on any atom is -0.467 e. The smallest absolute Gasteiger partial charge is 0.305 e. The molecule has 4 unspecified atom stereocenters. The molecule has 0 aromatic carbocycles. The zero-order valence-electron chi connectivity index (χ0n) is 52.2. The number of rotatable bonds is 52. The van der Waals surface area contributed by atoms with Gasteiger partial charge in [0.1, 0.15) is 6.61 Å². The second kappa shape index (κ2) is 48.1. The molecule has 0 aromatic heterocycles. The van der Waals surface area contributed by atoms with E-state index in [2.05, 4.69) is 53.2 Å². The summed E-state index contributed by atoms with van der Waals surface area (Å²) in [4.78, 5) is 38.5. The molecule has 2 aliphatic carbocycles. The van der Waals surface area contributed by atoms with Crippen LogP contribution in [0.15, 0.2) is 0 Å². The third-order valence-electron chi connectivity index (χ3n) is 18.1. The highest BCUT2D eigenvalue weighted by Crippen LogP contribution is 2.64. The van der Waals surface area contributed by atoms with E-state index in [0.29, 0.717) is 75.4 Å². The van der Waals surface area contributed by atoms with Gasteiger partial charge in [0, 0.05) is 25.9 Å². The SMILES string of the molecule is CCCCCCCCCC(CCCCCCCCC)CCOC(=O)CCC1(C)CC2CC(C)(CCC)CC(CCC(=O)OCCC(CCCCCCCCC)CCCCCCCCC)(C2)C1.CN(CCO)CCOC=O. The molecular formula is C68H131NO7. The van der Waals surface area contributed by atoms with E-state index < -0.39 is 0 Å². The van der Waals surface area contributed by atoms with Crippen LogP contribution in [0.5, 0.6) is 0 Å². The van der Waals surface area contributed by atoms with E-state index in [1.165, 1.54) is 244 Å². The van der Waals surface area contributed by atoms with Crippen molar-refractivity contribution in [2.24, 2.45) is 34.0 Å². The predicted molar refractivity (Wildman–Crippen MR) is 324 cm³/mol. The van der Waals surface area contributed by atoms with E-state index in [1.54, 1.807) is 0 Å². The average molecular weight is 1070 g/mol. The number of hydrogen-bond acceptors (Lipinski definition) is 8. The fourth-order valence-corrected chi connectivity index (χ4v) is 14.2. The molecule has 4 atom stereocenters. The molecule has 2 saturated carbocycles. The van der Waals surface area contributed by atoms with Crippen LogP contribution in [0.4, 0.5) is 0 Å². The van der Waals surface area contributed by atoms with E-state index in [0.717, 1.165) is 32.1 Å². The molecule has 0 aliphatic heterocycles. The maximum Gasteiger partial charge on any atom is 0.305 e. The topological polar surface area (TPSA) is 102 Å². The molecule has 76 heavy (non-hydrogen) atoms. The Hall–Kier alpha value is -1.67. The van der Waals surface area contributed by atoms with Crippen molar-refractivity contribution in [1.29, 1.82) is 0 Å². The van der Waals surface area contributed by atoms with Crippen LogP contribution >= 0.6 is 0 Å². The maximum absolute atomic E-state index is 13.6. The summed E-state index contributed by atoms with van der Waals surface area (Å²) in [6, 6.07) is 0. The molecule has 8 heteroatoms. The van der Waals surface area contributed by atoms with Gasteiger partial charge in [-0.25, -0.2) is 0 Å². The predicted octanol–water partition coefficient (Wildman–Crippen LogP) is 19.7. The lowest BCUT2D eigenvalue weighted by Gasteiger charge is -2.58. The lowest BCUT2D eigenvalue weighted by molar-refractivity contribution is -0.147. The van der Waals surface area contributed by atoms with Gasteiger partial charge < -0.3 is 24.2 Å². The van der Waals surface area contributed by atoms with Crippen LogP contribution in [-0.2, 0) is 28.6 Å². The first-order valence-electron chi connectivity index (χ1n) is 33.5. The molecule has 450 valence electrons. The van der Waals surface area contributed by atoms with Crippen molar-refractivity contribution in [3.8, 4) is 0 Å². The Morgan fingerprint density at radius 2 is 0.855 bits per heavy atom. The van der Waals surface area contributed by atoms with E-state index in [1.807, 2.05) is 11.9 Å². The first kappa shape index (κ1) is 72.3. The summed E-state index contributed by atoms with van der Waals surface area (Å²) in [7, 11) is 1.85. The average Bonchev–Trinajstić information content (AvgIpc) is 3.38. The summed E-state index contributed by atoms with van der Waals surface area (Å²) >= 11 is 0. The van der Waals surface area contributed by atoms with Crippen LogP contribution in [-0.4, -0.2) is 75.0 Å². The third kappa shape index (κ3) is 38.8. The second-order valence-electron chi connectivity index (χ2n) is 26.1. The van der Waals surface area contributed by atoms with Gasteiger partial charge in [0.05, 0.1) is 19.8 Å². The number of carbonyl (C=O) groups excluding carboxylic acids is 3. The molecule has 0 saturated heterocycles. The first-order valence-corrected chi connectivity index (χ1v) is 33.5. The van der Waals surface area contributed by atoms with Gasteiger partial charge in [-0.3, -0.25) is 14.4 Å². The van der Waals surface area contributed by atoms with Crippen molar-refractivity contribution in [2.45, 2.75) is 337 Å². The van der Waals surface area contributed by atoms with Gasteiger partial charge in [-0.15, -0.1) is 0 Å². The highest BCUT2D eigenvalue weighted by Gasteiger charge is 2.53. The molecule has 2 aliphatic rings. The zero-order valence-corrected chi connectivity index (χ0v) is 52.2. The minimum absolute atomic E-state index is 0.0169. The van der Waals surface area contributed by atoms with Crippen LogP contribution in [0.3, 0.4) is 0 Å². The molecule has 0 spiro atoms. The van der Waals surface area contributed by atoms with Crippen molar-refractivity contribution >= 4 is 18.4 Å². The van der Waals surface area contributed by atoms with E-state index in [4.69, 9.17) is 14.6 Å². The van der Waals surface area contributed by atoms with Crippen LogP contribution < -0.4 is 0 Å². The highest BCUT2D eigenvalue weighted by molar-refractivity contribution is 5.69. The molecule has 2 bridgehead atoms. The Balaban J connectivity index is 0.00000260. The number of likely N-dealkylation sites (N-methyl/N-ethyl adjacent to an activating group) is 1. The number of esters is 2. The molecule has 0 aromatic rings. The summed E-state index contributed by atoms with van der Waals surface area (Å²) in [5.74, 6) is 2.10. The standard InChI is InChI=1S/C62H118O4.C6H13NO3/c1-8-13-17-21-25-29-33-37-55(38-34-30-26-22-18-14-9-2)43-48-65-58(63)41-46-61(7)51-57-50-60(6,45-12-5)53-62(52-57,54-61)47-42-59(64)66-49-44-56(39-35-31-27-23-19-15-10-3)40-36-32-28-24-20-16-11-4;1-7(2-4-8)3-5-10-6-9/h55-57H,8-54H2,1-7H3;6,8H,2-5H2,1H3. The van der Waals surface area contributed by atoms with Gasteiger partial charge in [-0.05, 0) is 105 Å². The number of aliphatic hydroxyl groups is 1. The van der Waals surface area contributed by atoms with Crippen molar-refractivity contribution in [2.75, 3.05) is 46.6 Å². The van der Waals surface area contributed by atoms with Crippen LogP contribution in [0.25, 0.3) is 0 Å². The monoisotopic (exact) mass is 1070 g/mol. The summed E-state index contributed by atoms with van der Waals surface area (Å²) in [5.41, 5.74) is 0.635. The van der Waals surface area contributed by atoms with E-state index in [-0.39, 0.29) is 29.4 Å². The Labute approximate surface area is 473 Å². The molecule has 1 N–H and O–H groups in total. The van der Waals surface area contributed by atoms with Gasteiger partial charge in [0.15, 0.2) is 0 Å². The summed E-state index contributed by atoms with van der Waals surface area (Å²) in [5, 5.41) is 8.44. The van der Waals surface area contributed by atoms with Crippen LogP contribution in [0.1, 0.15) is 337 Å². The number of carbonyl (C=O) groups is 3. The van der Waals surface area contributed by atoms with Crippen LogP contribution in [0, 0.1) is 34.0 Å². The molecule has 2 fully saturated rings. The van der Waals surface area contributed by atoms with Gasteiger partial charge in [-0.1, -0.05) is 260 Å². The molecule has 0 amide bonds. The molecular weight excluding hydrogens is 943 g/mol. The molecule has 8 nitrogen and oxygen atoms in total. The van der Waals surface area contributed by atoms with E-state index >= 15 is 0 Å². The number of ether oxygens (including phenoxy) is 3. The van der Waals surface area contributed by atoms with Crippen molar-refractivity contribution in [3.63, 3.8) is 0 Å². The van der Waals surface area contributed by atoms with Crippen LogP contribution in [0.2, 0.25) is 0 Å². The van der Waals surface area contributed by atoms with Gasteiger partial charge in [0.2, 0.25) is 0 Å². The molecule has 0 heterocycles. The normalized spacial score (nSPS) is 20.2. The van der Waals surface area contributed by atoms with Gasteiger partial charge >= 0.3 is 11.9 Å². The lowest BCUT2D eigenvalue weighted by Crippen LogP contribution is -2.47. The second-order valence-corrected chi connectivity index (χ2v) is 26.1. The quantitative estimate of drug-likeness (QED) is 0.0278. The minimum atomic E-state index is 0.0169. The lowest BCUT2D eigenvalue weighted by atomic mass is 9.47. The largest absolute Gasteiger partial charge is 0.467 e. The summed E-state index contributed by atoms with van der Waals surface area (Å²) in [6.07, 6.45) is 56.9. The fourth-order valence-electron chi connectivity index (χ4n) is 14.2. The zero-order chi connectivity index (χ0) is 55.9. The number of nitrogens with zero attached hydrogens (tertiary/aromatic N) is 1. The van der Waals surface area contributed by atoms with Crippen molar-refractivity contribution < 1.29 is 33.7 Å².